The lowest BCUT2D eigenvalue weighted by molar-refractivity contribution is 0.443. The summed E-state index contributed by atoms with van der Waals surface area (Å²) < 4.78 is 1.53. The van der Waals surface area contributed by atoms with Gasteiger partial charge in [-0.2, -0.15) is 5.10 Å². The summed E-state index contributed by atoms with van der Waals surface area (Å²) >= 11 is 5.65. The minimum atomic E-state index is -0.0563. The molecule has 8 nitrogen and oxygen atoms in total. The number of rotatable bonds is 8. The average Bonchev–Trinajstić information content (AvgIpc) is 3.50. The summed E-state index contributed by atoms with van der Waals surface area (Å²) in [6.07, 6.45) is 5.82. The first kappa shape index (κ1) is 26.8. The molecule has 0 atom stereocenters. The van der Waals surface area contributed by atoms with Crippen LogP contribution >= 0.6 is 12.2 Å². The van der Waals surface area contributed by atoms with Crippen molar-refractivity contribution in [1.29, 1.82) is 0 Å². The number of anilines is 2. The van der Waals surface area contributed by atoms with Crippen LogP contribution in [-0.2, 0) is 6.42 Å². The summed E-state index contributed by atoms with van der Waals surface area (Å²) in [6, 6.07) is 24.0. The second kappa shape index (κ2) is 12.0. The van der Waals surface area contributed by atoms with Gasteiger partial charge in [-0.3, -0.25) is 10.4 Å². The highest BCUT2D eigenvalue weighted by Crippen LogP contribution is 2.33. The fourth-order valence-corrected chi connectivity index (χ4v) is 4.65. The van der Waals surface area contributed by atoms with Crippen molar-refractivity contribution < 1.29 is 5.11 Å². The molecular formula is C31H31N7OS. The summed E-state index contributed by atoms with van der Waals surface area (Å²) in [5.41, 5.74) is 10.3. The van der Waals surface area contributed by atoms with E-state index >= 15 is 0 Å². The monoisotopic (exact) mass is 549 g/mol. The molecule has 202 valence electrons. The minimum Gasteiger partial charge on any atom is -0.493 e. The number of aryl methyl sites for hydroxylation is 1. The summed E-state index contributed by atoms with van der Waals surface area (Å²) in [5, 5.41) is 19.2. The Bertz CT molecular complexity index is 1620. The maximum Gasteiger partial charge on any atom is 0.225 e. The number of nitrogens with zero attached hydrogens (tertiary/aromatic N) is 5. The van der Waals surface area contributed by atoms with Gasteiger partial charge in [0.1, 0.15) is 11.5 Å². The van der Waals surface area contributed by atoms with Crippen LogP contribution in [0.15, 0.2) is 82.9 Å². The van der Waals surface area contributed by atoms with E-state index in [4.69, 9.17) is 17.2 Å². The zero-order valence-corrected chi connectivity index (χ0v) is 23.5. The molecule has 3 N–H and O–H groups in total. The highest BCUT2D eigenvalue weighted by Gasteiger charge is 2.20. The minimum absolute atomic E-state index is 0.0563. The number of para-hydroxylation sites is 2. The van der Waals surface area contributed by atoms with Crippen molar-refractivity contribution in [2.24, 2.45) is 10.1 Å². The molecule has 0 saturated carbocycles. The number of imidazole rings is 1. The molecule has 4 aromatic rings. The van der Waals surface area contributed by atoms with E-state index in [1.165, 1.54) is 4.57 Å². The van der Waals surface area contributed by atoms with Crippen molar-refractivity contribution in [3.8, 4) is 5.88 Å². The van der Waals surface area contributed by atoms with Gasteiger partial charge >= 0.3 is 0 Å². The number of hydrogen-bond acceptors (Lipinski definition) is 7. The van der Waals surface area contributed by atoms with E-state index in [0.717, 1.165) is 39.3 Å². The second-order valence-corrected chi connectivity index (χ2v) is 9.99. The van der Waals surface area contributed by atoms with Gasteiger partial charge in [0.05, 0.1) is 11.9 Å². The van der Waals surface area contributed by atoms with Crippen LogP contribution in [0.2, 0.25) is 0 Å². The van der Waals surface area contributed by atoms with E-state index in [9.17, 15) is 5.11 Å². The number of fused-ring (bicyclic) bond motifs is 1. The Morgan fingerprint density at radius 2 is 1.80 bits per heavy atom. The van der Waals surface area contributed by atoms with E-state index in [2.05, 4.69) is 33.8 Å². The van der Waals surface area contributed by atoms with Gasteiger partial charge in [-0.25, -0.2) is 9.55 Å². The molecule has 1 aliphatic heterocycles. The summed E-state index contributed by atoms with van der Waals surface area (Å²) in [4.78, 5) is 11.3. The molecule has 1 aliphatic rings. The summed E-state index contributed by atoms with van der Waals surface area (Å²) in [7, 11) is 3.99. The highest BCUT2D eigenvalue weighted by molar-refractivity contribution is 7.80. The quantitative estimate of drug-likeness (QED) is 0.150. The normalized spacial score (nSPS) is 13.1. The third kappa shape index (κ3) is 5.94. The van der Waals surface area contributed by atoms with Crippen molar-refractivity contribution in [3.63, 3.8) is 0 Å². The van der Waals surface area contributed by atoms with E-state index < -0.39 is 0 Å². The summed E-state index contributed by atoms with van der Waals surface area (Å²) in [5.74, 6) is 0.552. The number of aromatic nitrogens is 2. The van der Waals surface area contributed by atoms with Crippen molar-refractivity contribution in [2.75, 3.05) is 30.9 Å². The lowest BCUT2D eigenvalue weighted by Gasteiger charge is -2.12. The average molecular weight is 550 g/mol. The Morgan fingerprint density at radius 3 is 2.58 bits per heavy atom. The molecule has 9 heteroatoms. The molecule has 2 heterocycles. The number of hydrazone groups is 1. The van der Waals surface area contributed by atoms with Crippen LogP contribution in [0.5, 0.6) is 5.88 Å². The number of hydrogen-bond donors (Lipinski definition) is 3. The standard InChI is InChI=1S/C31H31N7OS/c1-21-8-4-6-10-26(21)32-17-16-29-35-28(18-23-20-33-27-11-7-5-9-25(23)27)30(39)38(29)31(40)36-34-19-22-12-14-24(15-13-22)37(2)3/h4-15,18-20,32,39H,16-17H2,1-3H3,(H,36,40)/b23-18+,34-19+. The smallest absolute Gasteiger partial charge is 0.225 e. The zero-order valence-electron chi connectivity index (χ0n) is 22.7. The number of allylic oxidation sites excluding steroid dienone is 1. The van der Waals surface area contributed by atoms with Crippen molar-refractivity contribution in [3.05, 3.63) is 101 Å². The zero-order chi connectivity index (χ0) is 28.1. The molecule has 0 unspecified atom stereocenters. The lowest BCUT2D eigenvalue weighted by Crippen LogP contribution is -2.26. The molecule has 0 fully saturated rings. The van der Waals surface area contributed by atoms with Gasteiger partial charge in [0, 0.05) is 55.8 Å². The topological polar surface area (TPSA) is 90.1 Å². The Kier molecular flexibility index (Phi) is 8.02. The Labute approximate surface area is 239 Å². The fraction of sp³-hybridized carbons (Fsp3) is 0.161. The van der Waals surface area contributed by atoms with Crippen LogP contribution in [0.4, 0.5) is 17.1 Å². The van der Waals surface area contributed by atoms with Crippen LogP contribution in [-0.4, -0.2) is 52.8 Å². The number of thiocarbonyl (C=S) groups is 1. The van der Waals surface area contributed by atoms with Gasteiger partial charge in [0.2, 0.25) is 11.0 Å². The number of aromatic hydroxyl groups is 1. The fourth-order valence-electron chi connectivity index (χ4n) is 4.41. The third-order valence-corrected chi connectivity index (χ3v) is 6.87. The third-order valence-electron chi connectivity index (χ3n) is 6.59. The van der Waals surface area contributed by atoms with Gasteiger partial charge in [0.25, 0.3) is 0 Å². The number of nitrogens with one attached hydrogen (secondary N) is 2. The van der Waals surface area contributed by atoms with E-state index in [-0.39, 0.29) is 11.0 Å². The Balaban J connectivity index is 1.38. The predicted molar refractivity (Wildman–Crippen MR) is 169 cm³/mol. The number of aliphatic imine (C=N–C) groups is 1. The van der Waals surface area contributed by atoms with E-state index in [0.29, 0.717) is 24.5 Å². The highest BCUT2D eigenvalue weighted by atomic mass is 32.1. The molecular weight excluding hydrogens is 518 g/mol. The molecule has 40 heavy (non-hydrogen) atoms. The van der Waals surface area contributed by atoms with Crippen LogP contribution in [0.1, 0.15) is 28.2 Å². The molecule has 3 aromatic carbocycles. The van der Waals surface area contributed by atoms with Gasteiger partial charge in [0.15, 0.2) is 0 Å². The molecule has 0 amide bonds. The molecule has 0 saturated heterocycles. The second-order valence-electron chi connectivity index (χ2n) is 9.60. The number of benzene rings is 3. The molecule has 0 bridgehead atoms. The van der Waals surface area contributed by atoms with Crippen molar-refractivity contribution >= 4 is 58.5 Å². The van der Waals surface area contributed by atoms with E-state index in [1.54, 1.807) is 12.4 Å². The molecule has 0 radical (unpaired) electrons. The van der Waals surface area contributed by atoms with Gasteiger partial charge in [-0.15, -0.1) is 0 Å². The van der Waals surface area contributed by atoms with Crippen LogP contribution < -0.4 is 15.6 Å². The molecule has 0 spiro atoms. The Hall–Kier alpha value is -4.76. The van der Waals surface area contributed by atoms with Gasteiger partial charge in [-0.05, 0) is 60.6 Å². The Morgan fingerprint density at radius 1 is 1.05 bits per heavy atom. The lowest BCUT2D eigenvalue weighted by atomic mass is 10.1. The largest absolute Gasteiger partial charge is 0.493 e. The molecule has 1 aromatic heterocycles. The van der Waals surface area contributed by atoms with Gasteiger partial charge in [-0.1, -0.05) is 48.5 Å². The van der Waals surface area contributed by atoms with Crippen molar-refractivity contribution in [1.82, 2.24) is 15.0 Å². The van der Waals surface area contributed by atoms with Crippen LogP contribution in [0.25, 0.3) is 11.6 Å². The van der Waals surface area contributed by atoms with E-state index in [1.807, 2.05) is 91.8 Å². The molecule has 5 rings (SSSR count). The molecule has 0 aliphatic carbocycles. The van der Waals surface area contributed by atoms with Crippen molar-refractivity contribution in [2.45, 2.75) is 13.3 Å². The maximum atomic E-state index is 11.3. The SMILES string of the molecule is Cc1ccccc1NCCc1nc(/C=C2\C=Nc3ccccc32)c(O)n1C(=S)N/N=C/c1ccc(N(C)C)cc1. The van der Waals surface area contributed by atoms with Crippen LogP contribution in [0, 0.1) is 6.92 Å². The predicted octanol–water partition coefficient (Wildman–Crippen LogP) is 5.63. The first-order chi connectivity index (χ1) is 19.4. The maximum absolute atomic E-state index is 11.3. The first-order valence-corrected chi connectivity index (χ1v) is 13.4. The summed E-state index contributed by atoms with van der Waals surface area (Å²) in [6.45, 7) is 2.66. The first-order valence-electron chi connectivity index (χ1n) is 13.0. The van der Waals surface area contributed by atoms with Crippen LogP contribution in [0.3, 0.4) is 0 Å². The van der Waals surface area contributed by atoms with Gasteiger partial charge < -0.3 is 15.3 Å².